The van der Waals surface area contributed by atoms with Gasteiger partial charge in [0.2, 0.25) is 12.2 Å². The first-order valence-corrected chi connectivity index (χ1v) is 11.7. The van der Waals surface area contributed by atoms with Crippen LogP contribution in [0, 0.1) is 5.41 Å². The van der Waals surface area contributed by atoms with Gasteiger partial charge in [0.1, 0.15) is 21.0 Å². The number of aromatic nitrogens is 2. The third-order valence-electron chi connectivity index (χ3n) is 4.95. The number of nitrogens with zero attached hydrogens (tertiary/aromatic N) is 3. The summed E-state index contributed by atoms with van der Waals surface area (Å²) in [5.41, 5.74) is 5.78. The number of hydrogen-bond acceptors (Lipinski definition) is 10. The molecule has 4 rings (SSSR count). The summed E-state index contributed by atoms with van der Waals surface area (Å²) >= 11 is 4.29. The van der Waals surface area contributed by atoms with Crippen molar-refractivity contribution in [1.82, 2.24) is 14.5 Å². The first-order valence-electron chi connectivity index (χ1n) is 8.91. The second kappa shape index (κ2) is 8.60. The van der Waals surface area contributed by atoms with Gasteiger partial charge in [0.15, 0.2) is 0 Å². The lowest BCUT2D eigenvalue weighted by atomic mass is 9.89. The molecule has 2 N–H and O–H groups in total. The molecule has 1 aromatic carbocycles. The minimum atomic E-state index is -0.878. The molecule has 0 radical (unpaired) electrons. The zero-order valence-electron chi connectivity index (χ0n) is 15.6. The standard InChI is InChI=1S/C18H20N4O4S3/c1-25-16(11-5-3-2-4-6-11)26-17(24)18(9-27-12-7-20-21-29-12)8-22-14(23)13(19)15(22)28-10-18/h2-7,13,15-16H,8-10,19H2,1H3/t13?,15-,16?,18?/m1/s1. The number of ether oxygens (including phenoxy) is 2. The summed E-state index contributed by atoms with van der Waals surface area (Å²) in [4.78, 5) is 27.3. The maximum absolute atomic E-state index is 13.4. The van der Waals surface area contributed by atoms with Gasteiger partial charge in [0.25, 0.3) is 0 Å². The number of fused-ring (bicyclic) bond motifs is 1. The average molecular weight is 453 g/mol. The van der Waals surface area contributed by atoms with Gasteiger partial charge in [-0.2, -0.15) is 0 Å². The van der Waals surface area contributed by atoms with Crippen LogP contribution in [0.25, 0.3) is 0 Å². The normalized spacial score (nSPS) is 27.1. The van der Waals surface area contributed by atoms with E-state index in [0.717, 1.165) is 9.77 Å². The molecule has 2 aliphatic rings. The van der Waals surface area contributed by atoms with Crippen molar-refractivity contribution < 1.29 is 19.1 Å². The van der Waals surface area contributed by atoms with Crippen LogP contribution in [-0.2, 0) is 19.1 Å². The summed E-state index contributed by atoms with van der Waals surface area (Å²) in [6, 6.07) is 8.79. The number of esters is 1. The van der Waals surface area contributed by atoms with Gasteiger partial charge < -0.3 is 20.1 Å². The number of methoxy groups -OCH3 is 1. The SMILES string of the molecule is COC(OC(=O)C1(CSc2cnns2)CS[C@@H]2C(N)C(=O)N2C1)c1ccccc1. The van der Waals surface area contributed by atoms with E-state index in [4.69, 9.17) is 15.2 Å². The van der Waals surface area contributed by atoms with Crippen molar-refractivity contribution >= 4 is 46.9 Å². The lowest BCUT2D eigenvalue weighted by Gasteiger charge is -2.53. The fraction of sp³-hybridized carbons (Fsp3) is 0.444. The van der Waals surface area contributed by atoms with Crippen LogP contribution in [0.5, 0.6) is 0 Å². The minimum absolute atomic E-state index is 0.0779. The molecule has 0 aliphatic carbocycles. The highest BCUT2D eigenvalue weighted by molar-refractivity contribution is 8.01. The lowest BCUT2D eigenvalue weighted by molar-refractivity contribution is -0.187. The molecule has 11 heteroatoms. The van der Waals surface area contributed by atoms with Crippen LogP contribution in [0.15, 0.2) is 40.7 Å². The Morgan fingerprint density at radius 1 is 1.45 bits per heavy atom. The molecule has 1 amide bonds. The molecular formula is C18H20N4O4S3. The molecule has 154 valence electrons. The van der Waals surface area contributed by atoms with Gasteiger partial charge in [-0.3, -0.25) is 9.59 Å². The van der Waals surface area contributed by atoms with Crippen LogP contribution in [-0.4, -0.2) is 62.9 Å². The molecule has 29 heavy (non-hydrogen) atoms. The third-order valence-corrected chi connectivity index (χ3v) is 8.68. The number of carbonyl (C=O) groups excluding carboxylic acids is 2. The highest BCUT2D eigenvalue weighted by atomic mass is 32.2. The van der Waals surface area contributed by atoms with Gasteiger partial charge in [-0.05, 0) is 11.5 Å². The highest BCUT2D eigenvalue weighted by Gasteiger charge is 2.56. The van der Waals surface area contributed by atoms with Crippen LogP contribution >= 0.6 is 35.1 Å². The number of hydrogen-bond donors (Lipinski definition) is 1. The monoisotopic (exact) mass is 452 g/mol. The molecule has 4 atom stereocenters. The first kappa shape index (κ1) is 20.6. The molecular weight excluding hydrogens is 432 g/mol. The van der Waals surface area contributed by atoms with E-state index in [-0.39, 0.29) is 17.8 Å². The summed E-state index contributed by atoms with van der Waals surface area (Å²) in [5.74, 6) is 0.436. The third kappa shape index (κ3) is 4.02. The van der Waals surface area contributed by atoms with E-state index in [9.17, 15) is 9.59 Å². The van der Waals surface area contributed by atoms with Crippen LogP contribution < -0.4 is 5.73 Å². The maximum Gasteiger partial charge on any atom is 0.318 e. The fourth-order valence-electron chi connectivity index (χ4n) is 3.31. The number of β-lactam (4-membered cyclic amide) rings is 1. The number of benzene rings is 1. The Kier molecular flexibility index (Phi) is 6.11. The summed E-state index contributed by atoms with van der Waals surface area (Å²) in [7, 11) is 1.50. The van der Waals surface area contributed by atoms with Crippen molar-refractivity contribution in [2.24, 2.45) is 11.1 Å². The Balaban J connectivity index is 1.54. The molecule has 2 saturated heterocycles. The molecule has 2 fully saturated rings. The molecule has 0 spiro atoms. The number of rotatable bonds is 7. The predicted molar refractivity (Wildman–Crippen MR) is 111 cm³/mol. The van der Waals surface area contributed by atoms with E-state index in [1.54, 1.807) is 11.1 Å². The van der Waals surface area contributed by atoms with Crippen molar-refractivity contribution in [1.29, 1.82) is 0 Å². The molecule has 0 saturated carbocycles. The van der Waals surface area contributed by atoms with Crippen molar-refractivity contribution in [3.63, 3.8) is 0 Å². The van der Waals surface area contributed by atoms with Gasteiger partial charge in [0, 0.05) is 30.7 Å². The van der Waals surface area contributed by atoms with Crippen molar-refractivity contribution in [2.75, 3.05) is 25.2 Å². The number of carbonyl (C=O) groups is 2. The molecule has 2 aliphatic heterocycles. The molecule has 2 aromatic rings. The van der Waals surface area contributed by atoms with E-state index < -0.39 is 23.7 Å². The molecule has 3 unspecified atom stereocenters. The highest BCUT2D eigenvalue weighted by Crippen LogP contribution is 2.45. The largest absolute Gasteiger partial charge is 0.431 e. The lowest BCUT2D eigenvalue weighted by Crippen LogP contribution is -2.72. The van der Waals surface area contributed by atoms with Crippen LogP contribution in [0.4, 0.5) is 0 Å². The molecule has 3 heterocycles. The Morgan fingerprint density at radius 2 is 2.24 bits per heavy atom. The number of amides is 1. The first-order chi connectivity index (χ1) is 14.0. The number of nitrogens with two attached hydrogens (primary N) is 1. The van der Waals surface area contributed by atoms with E-state index in [0.29, 0.717) is 11.5 Å². The number of thioether (sulfide) groups is 2. The van der Waals surface area contributed by atoms with E-state index in [1.165, 1.54) is 42.2 Å². The fourth-order valence-corrected chi connectivity index (χ4v) is 6.53. The Hall–Kier alpha value is -1.66. The van der Waals surface area contributed by atoms with Crippen LogP contribution in [0.1, 0.15) is 11.9 Å². The topological polar surface area (TPSA) is 108 Å². The Morgan fingerprint density at radius 3 is 2.93 bits per heavy atom. The molecule has 1 aromatic heterocycles. The van der Waals surface area contributed by atoms with E-state index in [1.807, 2.05) is 30.3 Å². The zero-order chi connectivity index (χ0) is 20.4. The summed E-state index contributed by atoms with van der Waals surface area (Å²) < 4.78 is 16.0. The smallest absolute Gasteiger partial charge is 0.318 e. The summed E-state index contributed by atoms with van der Waals surface area (Å²) in [5, 5.41) is 3.76. The van der Waals surface area contributed by atoms with E-state index in [2.05, 4.69) is 9.59 Å². The maximum atomic E-state index is 13.4. The quantitative estimate of drug-likeness (QED) is 0.291. The van der Waals surface area contributed by atoms with Gasteiger partial charge in [0.05, 0.1) is 6.20 Å². The summed E-state index contributed by atoms with van der Waals surface area (Å²) in [6.45, 7) is 0.278. The molecule has 8 nitrogen and oxygen atoms in total. The van der Waals surface area contributed by atoms with Crippen molar-refractivity contribution in [2.45, 2.75) is 21.9 Å². The Bertz CT molecular complexity index is 869. The van der Waals surface area contributed by atoms with Crippen molar-refractivity contribution in [3.8, 4) is 0 Å². The van der Waals surface area contributed by atoms with Crippen LogP contribution in [0.3, 0.4) is 0 Å². The predicted octanol–water partition coefficient (Wildman–Crippen LogP) is 1.75. The minimum Gasteiger partial charge on any atom is -0.431 e. The zero-order valence-corrected chi connectivity index (χ0v) is 18.0. The Labute approximate surface area is 180 Å². The second-order valence-corrected chi connectivity index (χ2v) is 10.0. The van der Waals surface area contributed by atoms with Crippen molar-refractivity contribution in [3.05, 3.63) is 42.1 Å². The van der Waals surface area contributed by atoms with E-state index >= 15 is 0 Å². The summed E-state index contributed by atoms with van der Waals surface area (Å²) in [6.07, 6.45) is 0.854. The van der Waals surface area contributed by atoms with Gasteiger partial charge in [-0.15, -0.1) is 28.6 Å². The molecule has 0 bridgehead atoms. The average Bonchev–Trinajstić information content (AvgIpc) is 3.29. The van der Waals surface area contributed by atoms with Gasteiger partial charge in [-0.1, -0.05) is 34.8 Å². The van der Waals surface area contributed by atoms with Crippen LogP contribution in [0.2, 0.25) is 0 Å². The van der Waals surface area contributed by atoms with Gasteiger partial charge >= 0.3 is 5.97 Å². The second-order valence-electron chi connectivity index (χ2n) is 6.88. The van der Waals surface area contributed by atoms with Gasteiger partial charge in [-0.25, -0.2) is 0 Å².